The van der Waals surface area contributed by atoms with Gasteiger partial charge in [0.1, 0.15) is 17.2 Å². The van der Waals surface area contributed by atoms with Gasteiger partial charge in [0.2, 0.25) is 0 Å². The molecule has 7 heteroatoms. The molecule has 2 aromatic rings. The van der Waals surface area contributed by atoms with Crippen molar-refractivity contribution in [3.63, 3.8) is 0 Å². The standard InChI is InChI=1S/C22H25F2N2O3/c1-2-28-18-12-8-17(9-13-18)25-15-22(27,26-14-4-3-5-20(25)26)16-6-10-19(11-7-16)29-21(23)24/h6-13,21,27H,2-5,14-15H2,1H3/q+1/t22-/m0/s1. The van der Waals surface area contributed by atoms with Crippen LogP contribution in [0.4, 0.5) is 14.5 Å². The van der Waals surface area contributed by atoms with Gasteiger partial charge in [0, 0.05) is 12.0 Å². The van der Waals surface area contributed by atoms with Crippen LogP contribution in [-0.2, 0) is 5.72 Å². The first kappa shape index (κ1) is 19.6. The molecule has 0 amide bonds. The zero-order valence-electron chi connectivity index (χ0n) is 16.4. The predicted octanol–water partition coefficient (Wildman–Crippen LogP) is 3.95. The highest BCUT2D eigenvalue weighted by molar-refractivity contribution is 5.96. The Morgan fingerprint density at radius 2 is 1.76 bits per heavy atom. The lowest BCUT2D eigenvalue weighted by Crippen LogP contribution is -2.41. The van der Waals surface area contributed by atoms with E-state index in [0.29, 0.717) is 18.7 Å². The number of amidine groups is 1. The molecular formula is C22H25F2N2O3+. The van der Waals surface area contributed by atoms with Crippen molar-refractivity contribution in [2.75, 3.05) is 24.6 Å². The van der Waals surface area contributed by atoms with Crippen molar-refractivity contribution in [2.24, 2.45) is 0 Å². The van der Waals surface area contributed by atoms with E-state index in [0.717, 1.165) is 43.1 Å². The van der Waals surface area contributed by atoms with Gasteiger partial charge in [-0.3, -0.25) is 0 Å². The summed E-state index contributed by atoms with van der Waals surface area (Å²) in [5.74, 6) is 1.97. The van der Waals surface area contributed by atoms with Crippen molar-refractivity contribution >= 4 is 11.5 Å². The van der Waals surface area contributed by atoms with Gasteiger partial charge >= 0.3 is 6.61 Å². The summed E-state index contributed by atoms with van der Waals surface area (Å²) in [7, 11) is 0. The van der Waals surface area contributed by atoms with Gasteiger partial charge in [-0.25, -0.2) is 9.48 Å². The molecule has 2 aromatic carbocycles. The van der Waals surface area contributed by atoms with E-state index in [9.17, 15) is 13.9 Å². The average Bonchev–Trinajstić information content (AvgIpc) is 3.03. The second-order valence-electron chi connectivity index (χ2n) is 7.26. The lowest BCUT2D eigenvalue weighted by atomic mass is 10.0. The van der Waals surface area contributed by atoms with Crippen molar-refractivity contribution in [2.45, 2.75) is 38.5 Å². The molecule has 0 saturated heterocycles. The summed E-state index contributed by atoms with van der Waals surface area (Å²) in [6.07, 6.45) is 2.94. The van der Waals surface area contributed by atoms with Crippen LogP contribution in [0.5, 0.6) is 11.5 Å². The Balaban J connectivity index is 1.65. The number of rotatable bonds is 6. The molecule has 0 fully saturated rings. The van der Waals surface area contributed by atoms with Crippen molar-refractivity contribution in [3.05, 3.63) is 54.1 Å². The zero-order chi connectivity index (χ0) is 20.4. The molecule has 154 valence electrons. The number of aliphatic hydroxyl groups is 1. The van der Waals surface area contributed by atoms with Gasteiger partial charge in [0.15, 0.2) is 6.54 Å². The zero-order valence-corrected chi connectivity index (χ0v) is 16.4. The van der Waals surface area contributed by atoms with Gasteiger partial charge < -0.3 is 14.6 Å². The first-order valence-electron chi connectivity index (χ1n) is 9.93. The summed E-state index contributed by atoms with van der Waals surface area (Å²) < 4.78 is 36.9. The minimum Gasteiger partial charge on any atom is -0.494 e. The summed E-state index contributed by atoms with van der Waals surface area (Å²) in [6.45, 7) is 0.800. The molecule has 0 saturated carbocycles. The average molecular weight is 403 g/mol. The Bertz CT molecular complexity index is 884. The van der Waals surface area contributed by atoms with Crippen LogP contribution in [0.1, 0.15) is 31.7 Å². The van der Waals surface area contributed by atoms with Gasteiger partial charge in [-0.05, 0) is 68.3 Å². The Morgan fingerprint density at radius 3 is 2.41 bits per heavy atom. The molecule has 1 atom stereocenters. The van der Waals surface area contributed by atoms with Crippen LogP contribution in [0, 0.1) is 0 Å². The van der Waals surface area contributed by atoms with Crippen molar-refractivity contribution in [1.29, 1.82) is 0 Å². The van der Waals surface area contributed by atoms with Gasteiger partial charge in [-0.15, -0.1) is 0 Å². The third-order valence-electron chi connectivity index (χ3n) is 5.48. The van der Waals surface area contributed by atoms with E-state index in [4.69, 9.17) is 4.74 Å². The molecule has 2 aliphatic rings. The Kier molecular flexibility index (Phi) is 5.41. The number of ether oxygens (including phenoxy) is 2. The van der Waals surface area contributed by atoms with E-state index >= 15 is 0 Å². The summed E-state index contributed by atoms with van der Waals surface area (Å²) in [5.41, 5.74) is 0.424. The second-order valence-corrected chi connectivity index (χ2v) is 7.26. The maximum atomic E-state index is 12.4. The fraction of sp³-hybridized carbons (Fsp3) is 0.409. The van der Waals surface area contributed by atoms with Gasteiger partial charge in [0.25, 0.3) is 11.6 Å². The molecule has 5 nitrogen and oxygen atoms in total. The van der Waals surface area contributed by atoms with Crippen LogP contribution >= 0.6 is 0 Å². The SMILES string of the molecule is CCOc1ccc(N2C[C@](O)(c3ccc(OC(F)F)cc3)[N+]3=C2CCCC3)cc1. The van der Waals surface area contributed by atoms with E-state index in [-0.39, 0.29) is 5.75 Å². The molecule has 0 bridgehead atoms. The van der Waals surface area contributed by atoms with Crippen molar-refractivity contribution in [1.82, 2.24) is 0 Å². The highest BCUT2D eigenvalue weighted by Gasteiger charge is 2.52. The highest BCUT2D eigenvalue weighted by atomic mass is 19.3. The number of hydrogen-bond acceptors (Lipinski definition) is 4. The largest absolute Gasteiger partial charge is 0.494 e. The van der Waals surface area contributed by atoms with Crippen LogP contribution in [0.25, 0.3) is 0 Å². The van der Waals surface area contributed by atoms with E-state index in [1.807, 2.05) is 35.8 Å². The highest BCUT2D eigenvalue weighted by Crippen LogP contribution is 2.36. The molecule has 2 heterocycles. The second kappa shape index (κ2) is 7.99. The van der Waals surface area contributed by atoms with Gasteiger partial charge in [-0.2, -0.15) is 8.78 Å². The number of halogens is 2. The minimum atomic E-state index is -2.87. The molecule has 0 unspecified atom stereocenters. The fourth-order valence-electron chi connectivity index (χ4n) is 4.17. The van der Waals surface area contributed by atoms with Crippen LogP contribution < -0.4 is 14.4 Å². The molecule has 2 aliphatic heterocycles. The summed E-state index contributed by atoms with van der Waals surface area (Å²) in [5, 5.41) is 11.7. The number of β-amino-alcohol motifs (C(OH)–C–C–N with tert-alkyl or cyclic N) is 1. The number of hydrogen-bond donors (Lipinski definition) is 1. The first-order chi connectivity index (χ1) is 14.0. The van der Waals surface area contributed by atoms with Crippen LogP contribution in [0.2, 0.25) is 0 Å². The van der Waals surface area contributed by atoms with Crippen molar-refractivity contribution in [3.8, 4) is 11.5 Å². The fourth-order valence-corrected chi connectivity index (χ4v) is 4.17. The van der Waals surface area contributed by atoms with E-state index in [2.05, 4.69) is 9.64 Å². The topological polar surface area (TPSA) is 44.9 Å². The predicted molar refractivity (Wildman–Crippen MR) is 106 cm³/mol. The summed E-state index contributed by atoms with van der Waals surface area (Å²) >= 11 is 0. The number of anilines is 1. The molecule has 29 heavy (non-hydrogen) atoms. The lowest BCUT2D eigenvalue weighted by molar-refractivity contribution is -0.661. The van der Waals surface area contributed by atoms with Crippen LogP contribution in [0.15, 0.2) is 48.5 Å². The van der Waals surface area contributed by atoms with Crippen LogP contribution in [-0.4, -0.2) is 41.8 Å². The number of alkyl halides is 2. The molecule has 0 aromatic heterocycles. The van der Waals surface area contributed by atoms with Gasteiger partial charge in [0.05, 0.1) is 13.2 Å². The molecule has 0 radical (unpaired) electrons. The van der Waals surface area contributed by atoms with Gasteiger partial charge in [-0.1, -0.05) is 0 Å². The van der Waals surface area contributed by atoms with E-state index in [1.54, 1.807) is 12.1 Å². The third kappa shape index (κ3) is 3.79. The Labute approximate surface area is 168 Å². The smallest absolute Gasteiger partial charge is 0.387 e. The molecule has 1 N–H and O–H groups in total. The summed E-state index contributed by atoms with van der Waals surface area (Å²) in [4.78, 5) is 2.14. The molecule has 0 aliphatic carbocycles. The normalized spacial score (nSPS) is 21.5. The molecule has 4 rings (SSSR count). The first-order valence-corrected chi connectivity index (χ1v) is 9.93. The maximum Gasteiger partial charge on any atom is 0.387 e. The van der Waals surface area contributed by atoms with E-state index < -0.39 is 12.3 Å². The minimum absolute atomic E-state index is 0.0802. The molecular weight excluding hydrogens is 378 g/mol. The lowest BCUT2D eigenvalue weighted by Gasteiger charge is -2.24. The third-order valence-corrected chi connectivity index (χ3v) is 5.48. The number of nitrogens with zero attached hydrogens (tertiary/aromatic N) is 2. The number of benzene rings is 2. The van der Waals surface area contributed by atoms with E-state index in [1.165, 1.54) is 12.1 Å². The van der Waals surface area contributed by atoms with Crippen molar-refractivity contribution < 1.29 is 27.9 Å². The Hall–Kier alpha value is -2.67. The molecule has 0 spiro atoms. The van der Waals surface area contributed by atoms with Crippen LogP contribution in [0.3, 0.4) is 0 Å². The maximum absolute atomic E-state index is 12.4. The monoisotopic (exact) mass is 403 g/mol. The summed E-state index contributed by atoms with van der Waals surface area (Å²) in [6, 6.07) is 14.1. The quantitative estimate of drug-likeness (QED) is 0.742. The Morgan fingerprint density at radius 1 is 1.07 bits per heavy atom.